The van der Waals surface area contributed by atoms with E-state index < -0.39 is 0 Å². The van der Waals surface area contributed by atoms with E-state index in [9.17, 15) is 4.79 Å². The molecule has 2 aliphatic carbocycles. The van der Waals surface area contributed by atoms with Gasteiger partial charge in [-0.1, -0.05) is 26.3 Å². The van der Waals surface area contributed by atoms with Gasteiger partial charge in [-0.3, -0.25) is 4.79 Å². The Balaban J connectivity index is 0.000000531. The normalized spacial score (nSPS) is 25.2. The quantitative estimate of drug-likeness (QED) is 0.584. The van der Waals surface area contributed by atoms with Crippen molar-refractivity contribution in [2.24, 2.45) is 5.92 Å². The minimum atomic E-state index is 0.320. The van der Waals surface area contributed by atoms with Crippen LogP contribution in [0.25, 0.3) is 0 Å². The molecule has 84 valence electrons. The zero-order valence-electron chi connectivity index (χ0n) is 10.4. The molecule has 0 spiro atoms. The van der Waals surface area contributed by atoms with Gasteiger partial charge in [0.1, 0.15) is 0 Å². The highest BCUT2D eigenvalue weighted by atomic mass is 16.1. The molecule has 0 saturated heterocycles. The summed E-state index contributed by atoms with van der Waals surface area (Å²) in [5.74, 6) is 1.04. The van der Waals surface area contributed by atoms with E-state index in [2.05, 4.69) is 13.8 Å². The molecule has 0 aliphatic heterocycles. The summed E-state index contributed by atoms with van der Waals surface area (Å²) in [6.45, 7) is 8.51. The highest BCUT2D eigenvalue weighted by molar-refractivity contribution is 5.93. The smallest absolute Gasteiger partial charge is 0.156 e. The van der Waals surface area contributed by atoms with Gasteiger partial charge in [-0.2, -0.15) is 0 Å². The second-order valence-corrected chi connectivity index (χ2v) is 4.24. The molecule has 0 fully saturated rings. The zero-order valence-corrected chi connectivity index (χ0v) is 10.4. The van der Waals surface area contributed by atoms with Crippen molar-refractivity contribution >= 4 is 5.78 Å². The molecule has 2 rings (SSSR count). The predicted molar refractivity (Wildman–Crippen MR) is 64.8 cm³/mol. The molecular formula is C14H22O. The second-order valence-electron chi connectivity index (χ2n) is 4.24. The highest BCUT2D eigenvalue weighted by Gasteiger charge is 2.23. The molecule has 0 amide bonds. The Morgan fingerprint density at radius 2 is 1.87 bits per heavy atom. The van der Waals surface area contributed by atoms with Crippen LogP contribution in [0.5, 0.6) is 0 Å². The van der Waals surface area contributed by atoms with Crippen LogP contribution in [0.15, 0.2) is 22.8 Å². The first-order chi connectivity index (χ1) is 7.18. The van der Waals surface area contributed by atoms with Gasteiger partial charge in [-0.25, -0.2) is 0 Å². The third-order valence-electron chi connectivity index (χ3n) is 3.41. The van der Waals surface area contributed by atoms with E-state index in [0.717, 1.165) is 25.2 Å². The second kappa shape index (κ2) is 5.29. The summed E-state index contributed by atoms with van der Waals surface area (Å²) >= 11 is 0. The number of hydrogen-bond donors (Lipinski definition) is 0. The summed E-state index contributed by atoms with van der Waals surface area (Å²) < 4.78 is 0. The lowest BCUT2D eigenvalue weighted by Crippen LogP contribution is -2.15. The molecule has 1 atom stereocenters. The molecule has 15 heavy (non-hydrogen) atoms. The molecule has 1 unspecified atom stereocenters. The van der Waals surface area contributed by atoms with Gasteiger partial charge in [-0.15, -0.1) is 0 Å². The molecular weight excluding hydrogens is 184 g/mol. The van der Waals surface area contributed by atoms with Crippen molar-refractivity contribution < 1.29 is 4.79 Å². The van der Waals surface area contributed by atoms with Gasteiger partial charge in [0.05, 0.1) is 0 Å². The lowest BCUT2D eigenvalue weighted by molar-refractivity contribution is -0.114. The van der Waals surface area contributed by atoms with E-state index in [1.807, 2.05) is 19.9 Å². The van der Waals surface area contributed by atoms with Crippen LogP contribution in [0.1, 0.15) is 53.4 Å². The number of ketones is 1. The minimum Gasteiger partial charge on any atom is -0.295 e. The maximum atomic E-state index is 11.2. The summed E-state index contributed by atoms with van der Waals surface area (Å²) in [6.07, 6.45) is 5.91. The summed E-state index contributed by atoms with van der Waals surface area (Å²) in [4.78, 5) is 11.2. The Kier molecular flexibility index (Phi) is 4.31. The van der Waals surface area contributed by atoms with Crippen molar-refractivity contribution in [1.82, 2.24) is 0 Å². The van der Waals surface area contributed by atoms with Gasteiger partial charge >= 0.3 is 0 Å². The van der Waals surface area contributed by atoms with Crippen molar-refractivity contribution in [3.8, 4) is 0 Å². The van der Waals surface area contributed by atoms with Gasteiger partial charge in [0.15, 0.2) is 5.78 Å². The Hall–Kier alpha value is -0.850. The van der Waals surface area contributed by atoms with Gasteiger partial charge in [0.2, 0.25) is 0 Å². The van der Waals surface area contributed by atoms with E-state index in [4.69, 9.17) is 0 Å². The minimum absolute atomic E-state index is 0.320. The van der Waals surface area contributed by atoms with Crippen LogP contribution in [0, 0.1) is 5.92 Å². The Labute approximate surface area is 93.3 Å². The van der Waals surface area contributed by atoms with Crippen LogP contribution >= 0.6 is 0 Å². The zero-order chi connectivity index (χ0) is 11.4. The Morgan fingerprint density at radius 1 is 1.20 bits per heavy atom. The average Bonchev–Trinajstić information content (AvgIpc) is 2.26. The maximum Gasteiger partial charge on any atom is 0.156 e. The maximum absolute atomic E-state index is 11.2. The average molecular weight is 206 g/mol. The lowest BCUT2D eigenvalue weighted by Gasteiger charge is -2.28. The van der Waals surface area contributed by atoms with Gasteiger partial charge in [0.25, 0.3) is 0 Å². The number of hydrogen-bond acceptors (Lipinski definition) is 1. The fraction of sp³-hybridized carbons (Fsp3) is 0.643. The van der Waals surface area contributed by atoms with Crippen molar-refractivity contribution in [3.63, 3.8) is 0 Å². The molecule has 0 N–H and O–H groups in total. The van der Waals surface area contributed by atoms with E-state index in [1.54, 1.807) is 0 Å². The van der Waals surface area contributed by atoms with Crippen molar-refractivity contribution in [1.29, 1.82) is 0 Å². The molecule has 0 aromatic carbocycles. The van der Waals surface area contributed by atoms with Gasteiger partial charge < -0.3 is 0 Å². The first-order valence-electron chi connectivity index (χ1n) is 6.12. The van der Waals surface area contributed by atoms with Crippen LogP contribution in [0.2, 0.25) is 0 Å². The van der Waals surface area contributed by atoms with Crippen LogP contribution in [0.4, 0.5) is 0 Å². The van der Waals surface area contributed by atoms with Crippen LogP contribution in [-0.2, 0) is 4.79 Å². The van der Waals surface area contributed by atoms with E-state index >= 15 is 0 Å². The van der Waals surface area contributed by atoms with E-state index in [-0.39, 0.29) is 0 Å². The molecule has 1 nitrogen and oxygen atoms in total. The highest BCUT2D eigenvalue weighted by Crippen LogP contribution is 2.37. The first kappa shape index (κ1) is 12.2. The molecule has 1 heteroatoms. The van der Waals surface area contributed by atoms with E-state index in [0.29, 0.717) is 5.78 Å². The standard InChI is InChI=1S/C12H16O.C2H6/c1-8-3-4-10-7-11(13)5-6-12(10)9(8)2;1-2/h7-8H,3-6H2,1-2H3;1-2H3. The fourth-order valence-electron chi connectivity index (χ4n) is 2.32. The van der Waals surface area contributed by atoms with Crippen molar-refractivity contribution in [2.75, 3.05) is 0 Å². The van der Waals surface area contributed by atoms with Crippen LogP contribution in [0.3, 0.4) is 0 Å². The number of allylic oxidation sites excluding steroid dienone is 4. The first-order valence-corrected chi connectivity index (χ1v) is 6.12. The van der Waals surface area contributed by atoms with Gasteiger partial charge in [0, 0.05) is 6.42 Å². The van der Waals surface area contributed by atoms with Gasteiger partial charge in [-0.05, 0) is 49.3 Å². The Bertz CT molecular complexity index is 307. The summed E-state index contributed by atoms with van der Waals surface area (Å²) in [5.41, 5.74) is 4.33. The molecule has 0 aromatic rings. The largest absolute Gasteiger partial charge is 0.295 e. The van der Waals surface area contributed by atoms with Crippen LogP contribution < -0.4 is 0 Å². The molecule has 0 saturated carbocycles. The third kappa shape index (κ3) is 2.58. The monoisotopic (exact) mass is 206 g/mol. The van der Waals surface area contributed by atoms with Crippen LogP contribution in [-0.4, -0.2) is 5.78 Å². The summed E-state index contributed by atoms with van der Waals surface area (Å²) in [6, 6.07) is 0. The summed E-state index contributed by atoms with van der Waals surface area (Å²) in [5, 5.41) is 0. The third-order valence-corrected chi connectivity index (χ3v) is 3.41. The predicted octanol–water partition coefficient (Wildman–Crippen LogP) is 4.05. The number of rotatable bonds is 0. The fourth-order valence-corrected chi connectivity index (χ4v) is 2.32. The summed E-state index contributed by atoms with van der Waals surface area (Å²) in [7, 11) is 0. The van der Waals surface area contributed by atoms with E-state index in [1.165, 1.54) is 23.1 Å². The lowest BCUT2D eigenvalue weighted by atomic mass is 9.77. The topological polar surface area (TPSA) is 17.1 Å². The molecule has 0 heterocycles. The molecule has 0 radical (unpaired) electrons. The van der Waals surface area contributed by atoms with Crippen molar-refractivity contribution in [3.05, 3.63) is 22.8 Å². The molecule has 0 aromatic heterocycles. The number of carbonyl (C=O) groups is 1. The molecule has 2 aliphatic rings. The number of carbonyl (C=O) groups excluding carboxylic acids is 1. The molecule has 0 bridgehead atoms. The Morgan fingerprint density at radius 3 is 2.53 bits per heavy atom. The number of fused-ring (bicyclic) bond motifs is 1. The van der Waals surface area contributed by atoms with Crippen molar-refractivity contribution in [2.45, 2.75) is 53.4 Å². The SMILES string of the molecule is CC.CC1=C2CCC(=O)C=C2CCC1C.